The number of benzene rings is 1. The molecule has 7 heteroatoms. The minimum Gasteiger partial charge on any atom is -0.315 e. The quantitative estimate of drug-likeness (QED) is 0.892. The first kappa shape index (κ1) is 17.4. The lowest BCUT2D eigenvalue weighted by Crippen LogP contribution is -2.50. The summed E-state index contributed by atoms with van der Waals surface area (Å²) >= 11 is 0. The summed E-state index contributed by atoms with van der Waals surface area (Å²) in [6, 6.07) is 3.60. The monoisotopic (exact) mass is 322 g/mol. The molecular formula is C13H20ClFN2O2S. The van der Waals surface area contributed by atoms with Crippen molar-refractivity contribution in [1.29, 1.82) is 0 Å². The highest BCUT2D eigenvalue weighted by atomic mass is 35.5. The fourth-order valence-electron chi connectivity index (χ4n) is 2.32. The van der Waals surface area contributed by atoms with Gasteiger partial charge in [-0.3, -0.25) is 0 Å². The van der Waals surface area contributed by atoms with Crippen LogP contribution in [0.2, 0.25) is 0 Å². The molecule has 0 bridgehead atoms. The third-order valence-corrected chi connectivity index (χ3v) is 5.21. The van der Waals surface area contributed by atoms with Gasteiger partial charge in [-0.15, -0.1) is 12.4 Å². The molecule has 2 unspecified atom stereocenters. The highest BCUT2D eigenvalue weighted by Crippen LogP contribution is 2.19. The van der Waals surface area contributed by atoms with Gasteiger partial charge in [0.1, 0.15) is 5.82 Å². The third kappa shape index (κ3) is 3.91. The molecule has 0 spiro atoms. The zero-order chi connectivity index (χ0) is 14.0. The van der Waals surface area contributed by atoms with Gasteiger partial charge in [-0.1, -0.05) is 6.92 Å². The van der Waals surface area contributed by atoms with Gasteiger partial charge in [-0.25, -0.2) is 17.5 Å². The first-order chi connectivity index (χ1) is 8.90. The summed E-state index contributed by atoms with van der Waals surface area (Å²) in [6.07, 6.45) is 0.940. The number of halogens is 2. The first-order valence-electron chi connectivity index (χ1n) is 6.39. The molecule has 1 aliphatic heterocycles. The molecule has 2 rings (SSSR count). The molecular weight excluding hydrogens is 303 g/mol. The molecule has 1 saturated heterocycles. The predicted octanol–water partition coefficient (Wildman–Crippen LogP) is 1.83. The topological polar surface area (TPSA) is 58.2 Å². The highest BCUT2D eigenvalue weighted by Gasteiger charge is 2.27. The van der Waals surface area contributed by atoms with Crippen LogP contribution in [0, 0.1) is 18.7 Å². The van der Waals surface area contributed by atoms with E-state index in [1.54, 1.807) is 6.92 Å². The van der Waals surface area contributed by atoms with E-state index in [0.717, 1.165) is 13.0 Å². The van der Waals surface area contributed by atoms with Crippen LogP contribution in [0.5, 0.6) is 0 Å². The number of sulfonamides is 1. The fourth-order valence-corrected chi connectivity index (χ4v) is 3.90. The van der Waals surface area contributed by atoms with Crippen LogP contribution >= 0.6 is 12.4 Å². The van der Waals surface area contributed by atoms with Gasteiger partial charge >= 0.3 is 0 Å². The normalized spacial score (nSPS) is 23.1. The van der Waals surface area contributed by atoms with E-state index in [0.29, 0.717) is 12.1 Å². The van der Waals surface area contributed by atoms with Crippen molar-refractivity contribution in [3.8, 4) is 0 Å². The summed E-state index contributed by atoms with van der Waals surface area (Å²) in [6.45, 7) is 5.17. The number of aryl methyl sites for hydroxylation is 1. The number of hydrogen-bond donors (Lipinski definition) is 2. The van der Waals surface area contributed by atoms with E-state index in [-0.39, 0.29) is 29.3 Å². The van der Waals surface area contributed by atoms with Gasteiger partial charge in [-0.05, 0) is 49.6 Å². The van der Waals surface area contributed by atoms with Crippen molar-refractivity contribution in [1.82, 2.24) is 10.0 Å². The number of nitrogens with one attached hydrogen (secondary N) is 2. The molecule has 1 aromatic carbocycles. The Bertz CT molecular complexity index is 565. The molecule has 0 aromatic heterocycles. The molecule has 4 nitrogen and oxygen atoms in total. The van der Waals surface area contributed by atoms with Crippen LogP contribution in [0.1, 0.15) is 18.9 Å². The van der Waals surface area contributed by atoms with E-state index in [9.17, 15) is 12.8 Å². The second-order valence-electron chi connectivity index (χ2n) is 5.11. The van der Waals surface area contributed by atoms with Crippen LogP contribution in [0.15, 0.2) is 23.1 Å². The van der Waals surface area contributed by atoms with E-state index in [2.05, 4.69) is 10.0 Å². The lowest BCUT2D eigenvalue weighted by molar-refractivity contribution is 0.327. The zero-order valence-electron chi connectivity index (χ0n) is 11.5. The van der Waals surface area contributed by atoms with Gasteiger partial charge in [0, 0.05) is 12.6 Å². The van der Waals surface area contributed by atoms with Crippen molar-refractivity contribution in [3.63, 3.8) is 0 Å². The van der Waals surface area contributed by atoms with E-state index in [1.165, 1.54) is 18.2 Å². The average Bonchev–Trinajstić information content (AvgIpc) is 2.31. The zero-order valence-corrected chi connectivity index (χ0v) is 13.2. The van der Waals surface area contributed by atoms with Gasteiger partial charge in [0.2, 0.25) is 10.0 Å². The van der Waals surface area contributed by atoms with Crippen molar-refractivity contribution >= 4 is 22.4 Å². The van der Waals surface area contributed by atoms with Gasteiger partial charge in [0.05, 0.1) is 4.90 Å². The van der Waals surface area contributed by atoms with E-state index in [1.807, 2.05) is 6.92 Å². The third-order valence-electron chi connectivity index (χ3n) is 3.56. The summed E-state index contributed by atoms with van der Waals surface area (Å²) < 4.78 is 40.4. The highest BCUT2D eigenvalue weighted by molar-refractivity contribution is 7.89. The fraction of sp³-hybridized carbons (Fsp3) is 0.538. The van der Waals surface area contributed by atoms with E-state index >= 15 is 0 Å². The van der Waals surface area contributed by atoms with Crippen LogP contribution in [0.3, 0.4) is 0 Å². The van der Waals surface area contributed by atoms with E-state index < -0.39 is 15.8 Å². The predicted molar refractivity (Wildman–Crippen MR) is 79.1 cm³/mol. The standard InChI is InChI=1S/C13H19FN2O2S.ClH/c1-9-5-6-15-8-12(9)16-19(17,18)13-4-3-11(14)7-10(13)2;/h3-4,7,9,12,15-16H,5-6,8H2,1-2H3;1H. The SMILES string of the molecule is Cc1cc(F)ccc1S(=O)(=O)NC1CNCCC1C.Cl. The Labute approximate surface area is 125 Å². The Morgan fingerprint density at radius 1 is 1.40 bits per heavy atom. The van der Waals surface area contributed by atoms with E-state index in [4.69, 9.17) is 0 Å². The van der Waals surface area contributed by atoms with Crippen LogP contribution in [-0.4, -0.2) is 27.5 Å². The molecule has 0 amide bonds. The summed E-state index contributed by atoms with van der Waals surface area (Å²) in [5, 5.41) is 3.18. The van der Waals surface area contributed by atoms with Gasteiger partial charge in [0.15, 0.2) is 0 Å². The molecule has 1 heterocycles. The van der Waals surface area contributed by atoms with Crippen LogP contribution in [-0.2, 0) is 10.0 Å². The molecule has 20 heavy (non-hydrogen) atoms. The molecule has 0 saturated carbocycles. The molecule has 1 fully saturated rings. The van der Waals surface area contributed by atoms with Gasteiger partial charge in [-0.2, -0.15) is 0 Å². The summed E-state index contributed by atoms with van der Waals surface area (Å²) in [5.41, 5.74) is 0.420. The van der Waals surface area contributed by atoms with Crippen molar-refractivity contribution in [2.75, 3.05) is 13.1 Å². The maximum atomic E-state index is 13.0. The molecule has 0 aliphatic carbocycles. The molecule has 2 atom stereocenters. The van der Waals surface area contributed by atoms with Gasteiger partial charge < -0.3 is 5.32 Å². The van der Waals surface area contributed by atoms with Crippen LogP contribution in [0.4, 0.5) is 4.39 Å². The first-order valence-corrected chi connectivity index (χ1v) is 7.87. The maximum absolute atomic E-state index is 13.0. The largest absolute Gasteiger partial charge is 0.315 e. The van der Waals surface area contributed by atoms with Gasteiger partial charge in [0.25, 0.3) is 0 Å². The molecule has 1 aromatic rings. The Morgan fingerprint density at radius 2 is 2.10 bits per heavy atom. The summed E-state index contributed by atoms with van der Waals surface area (Å²) in [4.78, 5) is 0.145. The van der Waals surface area contributed by atoms with Crippen molar-refractivity contribution in [2.24, 2.45) is 5.92 Å². The summed E-state index contributed by atoms with van der Waals surface area (Å²) in [5.74, 6) is -0.138. The molecule has 114 valence electrons. The molecule has 1 aliphatic rings. The minimum atomic E-state index is -3.60. The van der Waals surface area contributed by atoms with Crippen molar-refractivity contribution < 1.29 is 12.8 Å². The number of hydrogen-bond acceptors (Lipinski definition) is 3. The van der Waals surface area contributed by atoms with Crippen molar-refractivity contribution in [2.45, 2.75) is 31.2 Å². The van der Waals surface area contributed by atoms with Crippen LogP contribution in [0.25, 0.3) is 0 Å². The van der Waals surface area contributed by atoms with Crippen molar-refractivity contribution in [3.05, 3.63) is 29.6 Å². The Morgan fingerprint density at radius 3 is 2.70 bits per heavy atom. The lowest BCUT2D eigenvalue weighted by atomic mass is 9.96. The Balaban J connectivity index is 0.00000200. The molecule has 2 N–H and O–H groups in total. The average molecular weight is 323 g/mol. The smallest absolute Gasteiger partial charge is 0.241 e. The maximum Gasteiger partial charge on any atom is 0.241 e. The Hall–Kier alpha value is -0.690. The summed E-state index contributed by atoms with van der Waals surface area (Å²) in [7, 11) is -3.60. The van der Waals surface area contributed by atoms with Crippen LogP contribution < -0.4 is 10.0 Å². The minimum absolute atomic E-state index is 0. The molecule has 0 radical (unpaired) electrons. The second-order valence-corrected chi connectivity index (χ2v) is 6.79. The lowest BCUT2D eigenvalue weighted by Gasteiger charge is -2.30. The number of piperidine rings is 1. The second kappa shape index (κ2) is 6.85. The number of rotatable bonds is 3. The Kier molecular flexibility index (Phi) is 5.94.